The minimum Gasteiger partial charge on any atom is -0.341 e. The number of nitriles is 1. The number of hydrogen-bond donors (Lipinski definition) is 1. The van der Waals surface area contributed by atoms with Crippen LogP contribution in [0, 0.1) is 11.3 Å². The van der Waals surface area contributed by atoms with Gasteiger partial charge in [-0.15, -0.1) is 0 Å². The quantitative estimate of drug-likeness (QED) is 0.709. The predicted octanol–water partition coefficient (Wildman–Crippen LogP) is 2.38. The van der Waals surface area contributed by atoms with E-state index in [-0.39, 0.29) is 0 Å². The fraction of sp³-hybridized carbons (Fsp3) is 0. The second-order valence-electron chi connectivity index (χ2n) is 3.52. The minimum atomic E-state index is 0.647. The molecule has 0 radical (unpaired) electrons. The lowest BCUT2D eigenvalue weighted by Crippen LogP contribution is -1.85. The van der Waals surface area contributed by atoms with E-state index in [1.54, 1.807) is 18.5 Å². The Morgan fingerprint density at radius 2 is 1.94 bits per heavy atom. The average Bonchev–Trinajstić information content (AvgIpc) is 2.89. The van der Waals surface area contributed by atoms with Gasteiger partial charge in [0.25, 0.3) is 0 Å². The van der Waals surface area contributed by atoms with Crippen molar-refractivity contribution in [3.05, 3.63) is 42.5 Å². The van der Waals surface area contributed by atoms with E-state index in [4.69, 9.17) is 5.26 Å². The standard InChI is InChI=1S/C12H7N5S/c13-5-8-1-3-9(4-2-8)18-12-10-11(15-6-14-10)16-7-17-12/h1-4,6-7H,(H,14,15,16,17). The van der Waals surface area contributed by atoms with E-state index in [2.05, 4.69) is 26.0 Å². The fourth-order valence-electron chi connectivity index (χ4n) is 1.53. The van der Waals surface area contributed by atoms with Crippen LogP contribution in [0.2, 0.25) is 0 Å². The van der Waals surface area contributed by atoms with E-state index in [9.17, 15) is 0 Å². The van der Waals surface area contributed by atoms with Crippen molar-refractivity contribution in [2.75, 3.05) is 0 Å². The van der Waals surface area contributed by atoms with Gasteiger partial charge in [0, 0.05) is 4.90 Å². The van der Waals surface area contributed by atoms with Crippen LogP contribution in [0.4, 0.5) is 0 Å². The number of aromatic amines is 1. The van der Waals surface area contributed by atoms with Gasteiger partial charge in [-0.05, 0) is 24.3 Å². The Balaban J connectivity index is 1.96. The van der Waals surface area contributed by atoms with E-state index in [1.165, 1.54) is 18.1 Å². The second kappa shape index (κ2) is 4.47. The van der Waals surface area contributed by atoms with Gasteiger partial charge in [0.15, 0.2) is 5.65 Å². The van der Waals surface area contributed by atoms with Gasteiger partial charge in [0.05, 0.1) is 18.0 Å². The van der Waals surface area contributed by atoms with Crippen molar-refractivity contribution in [2.45, 2.75) is 9.92 Å². The van der Waals surface area contributed by atoms with Gasteiger partial charge in [-0.1, -0.05) is 11.8 Å². The zero-order valence-corrected chi connectivity index (χ0v) is 9.98. The van der Waals surface area contributed by atoms with Crippen LogP contribution in [0.25, 0.3) is 11.2 Å². The summed E-state index contributed by atoms with van der Waals surface area (Å²) in [5.41, 5.74) is 2.13. The van der Waals surface area contributed by atoms with E-state index < -0.39 is 0 Å². The molecule has 0 aliphatic rings. The zero-order chi connectivity index (χ0) is 12.4. The molecule has 0 bridgehead atoms. The molecule has 0 unspecified atom stereocenters. The van der Waals surface area contributed by atoms with E-state index >= 15 is 0 Å². The summed E-state index contributed by atoms with van der Waals surface area (Å²) in [5.74, 6) is 0. The molecule has 3 aromatic rings. The van der Waals surface area contributed by atoms with Crippen LogP contribution in [0.5, 0.6) is 0 Å². The van der Waals surface area contributed by atoms with Crippen LogP contribution in [0.3, 0.4) is 0 Å². The topological polar surface area (TPSA) is 78.2 Å². The van der Waals surface area contributed by atoms with E-state index in [1.807, 2.05) is 12.1 Å². The lowest BCUT2D eigenvalue weighted by Gasteiger charge is -2.01. The molecule has 2 heterocycles. The van der Waals surface area contributed by atoms with Crippen LogP contribution in [0.1, 0.15) is 5.56 Å². The van der Waals surface area contributed by atoms with Gasteiger partial charge in [-0.25, -0.2) is 15.0 Å². The zero-order valence-electron chi connectivity index (χ0n) is 9.16. The molecule has 2 aromatic heterocycles. The first-order chi connectivity index (χ1) is 8.86. The molecule has 18 heavy (non-hydrogen) atoms. The number of rotatable bonds is 2. The number of hydrogen-bond acceptors (Lipinski definition) is 5. The number of benzene rings is 1. The number of H-pyrrole nitrogens is 1. The SMILES string of the molecule is N#Cc1ccc(Sc2ncnc3nc[nH]c23)cc1. The summed E-state index contributed by atoms with van der Waals surface area (Å²) in [5, 5.41) is 9.56. The second-order valence-corrected chi connectivity index (χ2v) is 4.58. The highest BCUT2D eigenvalue weighted by atomic mass is 32.2. The summed E-state index contributed by atoms with van der Waals surface area (Å²) in [7, 11) is 0. The molecule has 6 heteroatoms. The Bertz CT molecular complexity index is 726. The molecule has 1 N–H and O–H groups in total. The smallest absolute Gasteiger partial charge is 0.181 e. The van der Waals surface area contributed by atoms with Gasteiger partial charge in [0.1, 0.15) is 16.9 Å². The summed E-state index contributed by atoms with van der Waals surface area (Å²) in [6, 6.07) is 9.46. The van der Waals surface area contributed by atoms with Crippen LogP contribution in [-0.4, -0.2) is 19.9 Å². The van der Waals surface area contributed by atoms with Gasteiger partial charge < -0.3 is 4.98 Å². The molecule has 0 atom stereocenters. The van der Waals surface area contributed by atoms with Crippen molar-refractivity contribution in [1.82, 2.24) is 19.9 Å². The summed E-state index contributed by atoms with van der Waals surface area (Å²) in [4.78, 5) is 16.4. The van der Waals surface area contributed by atoms with Crippen LogP contribution < -0.4 is 0 Å². The highest BCUT2D eigenvalue weighted by molar-refractivity contribution is 7.99. The van der Waals surface area contributed by atoms with Crippen molar-refractivity contribution in [2.24, 2.45) is 0 Å². The molecule has 0 saturated carbocycles. The average molecular weight is 253 g/mol. The molecule has 0 amide bonds. The molecule has 0 aliphatic carbocycles. The van der Waals surface area contributed by atoms with Crippen molar-refractivity contribution < 1.29 is 0 Å². The van der Waals surface area contributed by atoms with Crippen LogP contribution in [-0.2, 0) is 0 Å². The van der Waals surface area contributed by atoms with Crippen molar-refractivity contribution >= 4 is 22.9 Å². The Labute approximate surface area is 107 Å². The Hall–Kier alpha value is -2.39. The monoisotopic (exact) mass is 253 g/mol. The summed E-state index contributed by atoms with van der Waals surface area (Å²) in [6.07, 6.45) is 3.09. The molecular weight excluding hydrogens is 246 g/mol. The van der Waals surface area contributed by atoms with Gasteiger partial charge in [0.2, 0.25) is 0 Å². The number of nitrogens with one attached hydrogen (secondary N) is 1. The number of fused-ring (bicyclic) bond motifs is 1. The maximum atomic E-state index is 8.74. The predicted molar refractivity (Wildman–Crippen MR) is 67.0 cm³/mol. The molecule has 1 aromatic carbocycles. The largest absolute Gasteiger partial charge is 0.341 e. The number of nitrogens with zero attached hydrogens (tertiary/aromatic N) is 4. The normalized spacial score (nSPS) is 10.4. The summed E-state index contributed by atoms with van der Waals surface area (Å²) in [6.45, 7) is 0. The highest BCUT2D eigenvalue weighted by Crippen LogP contribution is 2.29. The molecule has 0 spiro atoms. The summed E-state index contributed by atoms with van der Waals surface area (Å²) >= 11 is 1.51. The molecule has 3 rings (SSSR count). The first-order valence-electron chi connectivity index (χ1n) is 5.19. The van der Waals surface area contributed by atoms with Crippen molar-refractivity contribution in [3.63, 3.8) is 0 Å². The maximum absolute atomic E-state index is 8.74. The molecule has 0 fully saturated rings. The number of imidazole rings is 1. The van der Waals surface area contributed by atoms with E-state index in [0.29, 0.717) is 11.2 Å². The molecule has 86 valence electrons. The Morgan fingerprint density at radius 3 is 2.72 bits per heavy atom. The van der Waals surface area contributed by atoms with Crippen molar-refractivity contribution in [3.8, 4) is 6.07 Å². The lowest BCUT2D eigenvalue weighted by molar-refractivity contribution is 1.08. The van der Waals surface area contributed by atoms with Crippen LogP contribution >= 0.6 is 11.8 Å². The third-order valence-electron chi connectivity index (χ3n) is 2.39. The van der Waals surface area contributed by atoms with E-state index in [0.717, 1.165) is 15.4 Å². The Kier molecular flexibility index (Phi) is 2.67. The fourth-order valence-corrected chi connectivity index (χ4v) is 2.38. The van der Waals surface area contributed by atoms with Gasteiger partial charge in [-0.2, -0.15) is 5.26 Å². The first kappa shape index (κ1) is 10.7. The molecule has 0 aliphatic heterocycles. The first-order valence-corrected chi connectivity index (χ1v) is 6.00. The summed E-state index contributed by atoms with van der Waals surface area (Å²) < 4.78 is 0. The lowest BCUT2D eigenvalue weighted by atomic mass is 10.2. The van der Waals surface area contributed by atoms with Gasteiger partial charge >= 0.3 is 0 Å². The van der Waals surface area contributed by atoms with Gasteiger partial charge in [-0.3, -0.25) is 0 Å². The highest BCUT2D eigenvalue weighted by Gasteiger charge is 2.07. The number of aromatic nitrogens is 4. The maximum Gasteiger partial charge on any atom is 0.181 e. The third kappa shape index (κ3) is 1.92. The third-order valence-corrected chi connectivity index (χ3v) is 3.40. The molecule has 5 nitrogen and oxygen atoms in total. The minimum absolute atomic E-state index is 0.647. The molecular formula is C12H7N5S. The molecule has 0 saturated heterocycles. The van der Waals surface area contributed by atoms with Crippen molar-refractivity contribution in [1.29, 1.82) is 5.26 Å². The Morgan fingerprint density at radius 1 is 1.11 bits per heavy atom. The van der Waals surface area contributed by atoms with Crippen LogP contribution in [0.15, 0.2) is 46.8 Å².